The molecule has 0 aromatic carbocycles. The minimum absolute atomic E-state index is 0.0301. The molecule has 0 fully saturated rings. The summed E-state index contributed by atoms with van der Waals surface area (Å²) in [6.45, 7) is 1.24. The number of carbonyl (C=O) groups excluding carboxylic acids is 1. The summed E-state index contributed by atoms with van der Waals surface area (Å²) in [4.78, 5) is 24.3. The quantitative estimate of drug-likeness (QED) is 0.731. The number of hydrogen-bond acceptors (Lipinski definition) is 5. The van der Waals surface area contributed by atoms with Crippen molar-refractivity contribution in [2.45, 2.75) is 17.9 Å². The van der Waals surface area contributed by atoms with Crippen molar-refractivity contribution in [1.82, 2.24) is 9.29 Å². The Morgan fingerprint density at radius 3 is 2.53 bits per heavy atom. The fraction of sp³-hybridized carbons (Fsp3) is 0.400. The molecule has 2 N–H and O–H groups in total. The molecule has 0 aliphatic carbocycles. The van der Waals surface area contributed by atoms with Crippen LogP contribution < -0.4 is 0 Å². The Morgan fingerprint density at radius 1 is 1.47 bits per heavy atom. The Bertz CT molecular complexity index is 591. The molecule has 0 amide bonds. The van der Waals surface area contributed by atoms with Crippen LogP contribution in [0.25, 0.3) is 0 Å². The Balaban J connectivity index is 3.10. The predicted molar refractivity (Wildman–Crippen MR) is 64.2 cm³/mol. The minimum Gasteiger partial charge on any atom is -0.480 e. The molecule has 1 heterocycles. The van der Waals surface area contributed by atoms with Crippen molar-refractivity contribution < 1.29 is 27.9 Å². The topological polar surface area (TPSA) is 117 Å². The highest BCUT2D eigenvalue weighted by atomic mass is 32.2. The summed E-state index contributed by atoms with van der Waals surface area (Å²) in [7, 11) is -1.68. The van der Waals surface area contributed by atoms with Crippen molar-refractivity contribution in [2.24, 2.45) is 0 Å². The first-order chi connectivity index (χ1) is 8.71. The molecule has 0 radical (unpaired) electrons. The first-order valence-corrected chi connectivity index (χ1v) is 6.63. The lowest BCUT2D eigenvalue weighted by Gasteiger charge is -2.20. The number of nitrogens with one attached hydrogen (secondary N) is 1. The number of aromatic amines is 1. The van der Waals surface area contributed by atoms with Crippen LogP contribution in [0.5, 0.6) is 0 Å². The molecule has 0 aliphatic rings. The maximum atomic E-state index is 12.1. The van der Waals surface area contributed by atoms with Crippen LogP contribution in [0.2, 0.25) is 0 Å². The summed E-state index contributed by atoms with van der Waals surface area (Å²) in [5.74, 6) is -1.98. The molecule has 106 valence electrons. The molecule has 0 saturated carbocycles. The van der Waals surface area contributed by atoms with Crippen LogP contribution in [0.3, 0.4) is 0 Å². The van der Waals surface area contributed by atoms with E-state index < -0.39 is 28.0 Å². The zero-order valence-electron chi connectivity index (χ0n) is 10.6. The normalized spacial score (nSPS) is 13.3. The number of aliphatic carboxylic acids is 1. The molecule has 1 unspecified atom stereocenters. The van der Waals surface area contributed by atoms with E-state index in [1.165, 1.54) is 6.92 Å². The minimum atomic E-state index is -3.99. The van der Waals surface area contributed by atoms with E-state index in [1.54, 1.807) is 0 Å². The number of carbonyl (C=O) groups is 2. The highest BCUT2D eigenvalue weighted by Crippen LogP contribution is 2.18. The van der Waals surface area contributed by atoms with Gasteiger partial charge in [0.25, 0.3) is 0 Å². The Labute approximate surface area is 110 Å². The molecule has 1 aromatic rings. The number of H-pyrrole nitrogens is 1. The molecule has 9 heteroatoms. The van der Waals surface area contributed by atoms with Gasteiger partial charge in [-0.1, -0.05) is 0 Å². The van der Waals surface area contributed by atoms with E-state index in [9.17, 15) is 18.0 Å². The molecule has 8 nitrogen and oxygen atoms in total. The zero-order chi connectivity index (χ0) is 14.8. The molecule has 0 aliphatic heterocycles. The van der Waals surface area contributed by atoms with Crippen molar-refractivity contribution in [3.05, 3.63) is 18.0 Å². The standard InChI is InChI=1S/C10H14N2O6S/c1-6(9(13)14)12(2)19(16,17)7-4-8(11-5-7)10(15)18-3/h4-6,11H,1-3H3,(H,13,14). The van der Waals surface area contributed by atoms with E-state index in [-0.39, 0.29) is 10.6 Å². The average Bonchev–Trinajstić information content (AvgIpc) is 2.85. The number of likely N-dealkylation sites (N-methyl/N-ethyl adjacent to an activating group) is 1. The largest absolute Gasteiger partial charge is 0.480 e. The van der Waals surface area contributed by atoms with E-state index in [1.807, 2.05) is 0 Å². The van der Waals surface area contributed by atoms with Gasteiger partial charge in [-0.25, -0.2) is 13.2 Å². The van der Waals surface area contributed by atoms with Gasteiger partial charge in [0.2, 0.25) is 10.0 Å². The van der Waals surface area contributed by atoms with Gasteiger partial charge in [-0.2, -0.15) is 4.31 Å². The SMILES string of the molecule is COC(=O)c1cc(S(=O)(=O)N(C)C(C)C(=O)O)c[nH]1. The average molecular weight is 290 g/mol. The van der Waals surface area contributed by atoms with Crippen molar-refractivity contribution in [3.8, 4) is 0 Å². The maximum Gasteiger partial charge on any atom is 0.354 e. The van der Waals surface area contributed by atoms with Gasteiger partial charge in [-0.15, -0.1) is 0 Å². The van der Waals surface area contributed by atoms with Gasteiger partial charge in [-0.3, -0.25) is 4.79 Å². The van der Waals surface area contributed by atoms with Crippen molar-refractivity contribution in [1.29, 1.82) is 0 Å². The Morgan fingerprint density at radius 2 is 2.05 bits per heavy atom. The Kier molecular flexibility index (Phi) is 4.32. The molecular formula is C10H14N2O6S. The van der Waals surface area contributed by atoms with Crippen LogP contribution in [0.4, 0.5) is 0 Å². The molecule has 0 bridgehead atoms. The number of carboxylic acid groups (broad SMARTS) is 1. The first-order valence-electron chi connectivity index (χ1n) is 5.19. The number of carboxylic acids is 1. The molecule has 19 heavy (non-hydrogen) atoms. The molecular weight excluding hydrogens is 276 g/mol. The van der Waals surface area contributed by atoms with Crippen LogP contribution in [-0.2, 0) is 19.6 Å². The number of rotatable bonds is 5. The lowest BCUT2D eigenvalue weighted by Crippen LogP contribution is -2.40. The fourth-order valence-corrected chi connectivity index (χ4v) is 2.59. The molecule has 0 saturated heterocycles. The fourth-order valence-electron chi connectivity index (χ4n) is 1.28. The highest BCUT2D eigenvalue weighted by molar-refractivity contribution is 7.89. The number of methoxy groups -OCH3 is 1. The third kappa shape index (κ3) is 2.93. The van der Waals surface area contributed by atoms with Gasteiger partial charge in [0.1, 0.15) is 16.6 Å². The third-order valence-electron chi connectivity index (χ3n) is 2.64. The molecule has 1 atom stereocenters. The second-order valence-corrected chi connectivity index (χ2v) is 5.77. The summed E-state index contributed by atoms with van der Waals surface area (Å²) in [5, 5.41) is 8.81. The smallest absolute Gasteiger partial charge is 0.354 e. The monoisotopic (exact) mass is 290 g/mol. The van der Waals surface area contributed by atoms with E-state index in [2.05, 4.69) is 9.72 Å². The van der Waals surface area contributed by atoms with Crippen LogP contribution in [0.1, 0.15) is 17.4 Å². The van der Waals surface area contributed by atoms with Crippen molar-refractivity contribution in [2.75, 3.05) is 14.2 Å². The summed E-state index contributed by atoms with van der Waals surface area (Å²) in [6, 6.07) is -0.131. The summed E-state index contributed by atoms with van der Waals surface area (Å²) in [5.41, 5.74) is -0.0301. The second kappa shape index (κ2) is 5.41. The van der Waals surface area contributed by atoms with Gasteiger partial charge in [0, 0.05) is 13.2 Å². The van der Waals surface area contributed by atoms with Crippen molar-refractivity contribution >= 4 is 22.0 Å². The Hall–Kier alpha value is -1.87. The summed E-state index contributed by atoms with van der Waals surface area (Å²) < 4.78 is 29.3. The lowest BCUT2D eigenvalue weighted by atomic mass is 10.4. The number of esters is 1. The highest BCUT2D eigenvalue weighted by Gasteiger charge is 2.30. The number of nitrogens with zero attached hydrogens (tertiary/aromatic N) is 1. The van der Waals surface area contributed by atoms with E-state index in [0.717, 1.165) is 26.4 Å². The van der Waals surface area contributed by atoms with Crippen LogP contribution in [0.15, 0.2) is 17.2 Å². The van der Waals surface area contributed by atoms with Gasteiger partial charge in [0.15, 0.2) is 0 Å². The second-order valence-electron chi connectivity index (χ2n) is 3.78. The third-order valence-corrected chi connectivity index (χ3v) is 4.55. The van der Waals surface area contributed by atoms with Gasteiger partial charge in [0.05, 0.1) is 7.11 Å². The molecule has 1 rings (SSSR count). The number of hydrogen-bond donors (Lipinski definition) is 2. The number of ether oxygens (including phenoxy) is 1. The lowest BCUT2D eigenvalue weighted by molar-refractivity contribution is -0.140. The van der Waals surface area contributed by atoms with Gasteiger partial charge >= 0.3 is 11.9 Å². The van der Waals surface area contributed by atoms with Crippen LogP contribution in [-0.4, -0.2) is 55.0 Å². The van der Waals surface area contributed by atoms with Gasteiger partial charge < -0.3 is 14.8 Å². The van der Waals surface area contributed by atoms with Crippen LogP contribution in [0, 0.1) is 0 Å². The molecule has 1 aromatic heterocycles. The number of aromatic nitrogens is 1. The first kappa shape index (κ1) is 15.2. The van der Waals surface area contributed by atoms with Gasteiger partial charge in [-0.05, 0) is 13.0 Å². The summed E-state index contributed by atoms with van der Waals surface area (Å²) >= 11 is 0. The van der Waals surface area contributed by atoms with E-state index in [4.69, 9.17) is 5.11 Å². The zero-order valence-corrected chi connectivity index (χ0v) is 11.4. The summed E-state index contributed by atoms with van der Waals surface area (Å²) in [6.07, 6.45) is 1.10. The number of sulfonamides is 1. The van der Waals surface area contributed by atoms with E-state index in [0.29, 0.717) is 4.31 Å². The van der Waals surface area contributed by atoms with Crippen molar-refractivity contribution in [3.63, 3.8) is 0 Å². The van der Waals surface area contributed by atoms with Crippen LogP contribution >= 0.6 is 0 Å². The molecule has 0 spiro atoms. The maximum absolute atomic E-state index is 12.1. The van der Waals surface area contributed by atoms with E-state index >= 15 is 0 Å². The predicted octanol–water partition coefficient (Wildman–Crippen LogP) is -0.105.